The molecule has 7 rings (SSSR count). The van der Waals surface area contributed by atoms with Gasteiger partial charge >= 0.3 is 35.9 Å². The average Bonchev–Trinajstić information content (AvgIpc) is 0.829. The number of hydrogen-bond acceptors (Lipinski definition) is 21. The molecule has 1 saturated heterocycles. The molecule has 13 N–H and O–H groups in total. The number of aromatic carboxylic acids is 1. The third-order valence-electron chi connectivity index (χ3n) is 16.6. The summed E-state index contributed by atoms with van der Waals surface area (Å²) in [6.45, 7) is -0.690. The van der Waals surface area contributed by atoms with E-state index in [1.807, 2.05) is 0 Å². The zero-order chi connectivity index (χ0) is 76.1. The Morgan fingerprint density at radius 1 is 0.654 bits per heavy atom. The maximum Gasteiger partial charge on any atom is 0.336 e. The van der Waals surface area contributed by atoms with Gasteiger partial charge in [-0.05, 0) is 73.1 Å². The van der Waals surface area contributed by atoms with Crippen molar-refractivity contribution in [3.8, 4) is 28.2 Å². The van der Waals surface area contributed by atoms with Gasteiger partial charge in [-0.1, -0.05) is 66.7 Å². The van der Waals surface area contributed by atoms with Gasteiger partial charge in [-0.3, -0.25) is 62.3 Å². The highest BCUT2D eigenvalue weighted by Gasteiger charge is 2.42. The molecule has 0 bridgehead atoms. The van der Waals surface area contributed by atoms with Crippen LogP contribution < -0.4 is 42.6 Å². The number of Topliss-reactive ketones (excluding diaryl/α,β-unsaturated/α-hetero) is 3. The second-order valence-electron chi connectivity index (χ2n) is 24.2. The number of nitrogens with zero attached hydrogens (tertiary/aromatic N) is 1. The molecule has 3 aliphatic rings. The number of carboxylic acids is 5. The fourth-order valence-electron chi connectivity index (χ4n) is 11.3. The van der Waals surface area contributed by atoms with Crippen molar-refractivity contribution in [3.05, 3.63) is 142 Å². The van der Waals surface area contributed by atoms with Crippen LogP contribution in [-0.4, -0.2) is 168 Å². The second kappa shape index (κ2) is 37.2. The Bertz CT molecular complexity index is 4310. The number of imide groups is 1. The molecule has 31 nitrogen and oxygen atoms in total. The van der Waals surface area contributed by atoms with Crippen molar-refractivity contribution < 1.29 is 120 Å². The predicted molar refractivity (Wildman–Crippen MR) is 361 cm³/mol. The highest BCUT2D eigenvalue weighted by atomic mass is 32.2. The number of amides is 7. The number of benzene rings is 5. The number of thioether (sulfide) groups is 1. The maximum absolute atomic E-state index is 14.9. The Balaban J connectivity index is 0.944. The number of carboxylic acid groups (broad SMARTS) is 5. The van der Waals surface area contributed by atoms with Crippen LogP contribution in [-0.2, 0) is 79.9 Å². The van der Waals surface area contributed by atoms with Crippen LogP contribution in [0, 0.1) is 23.5 Å². The Morgan fingerprint density at radius 3 is 1.94 bits per heavy atom. The summed E-state index contributed by atoms with van der Waals surface area (Å²) in [5, 5.41) is 69.4. The lowest BCUT2D eigenvalue weighted by Crippen LogP contribution is -2.53. The van der Waals surface area contributed by atoms with Gasteiger partial charge in [0.2, 0.25) is 35.0 Å². The van der Waals surface area contributed by atoms with E-state index in [1.165, 1.54) is 0 Å². The normalized spacial score (nSPS) is 14.7. The number of rotatable bonds is 41. The molecular formula is C70H71F2N7O24S. The molecule has 2 aliphatic heterocycles. The lowest BCUT2D eigenvalue weighted by Gasteiger charge is -2.23. The van der Waals surface area contributed by atoms with Crippen molar-refractivity contribution in [3.63, 3.8) is 0 Å². The van der Waals surface area contributed by atoms with E-state index in [1.54, 1.807) is 60.7 Å². The fraction of sp³-hybridized carbons (Fsp3) is 0.343. The molecule has 4 aromatic carbocycles. The number of phenolic OH excluding ortho intramolecular Hbond substituents is 1. The van der Waals surface area contributed by atoms with Gasteiger partial charge in [0.25, 0.3) is 6.47 Å². The fourth-order valence-corrected chi connectivity index (χ4v) is 12.5. The molecule has 1 unspecified atom stereocenters. The van der Waals surface area contributed by atoms with E-state index in [9.17, 15) is 111 Å². The van der Waals surface area contributed by atoms with Crippen molar-refractivity contribution in [1.29, 1.82) is 0 Å². The van der Waals surface area contributed by atoms with Crippen LogP contribution in [0.4, 0.5) is 19.3 Å². The van der Waals surface area contributed by atoms with Gasteiger partial charge in [-0.25, -0.2) is 28.1 Å². The third-order valence-corrected chi connectivity index (χ3v) is 18.0. The number of hydrogen-bond donors (Lipinski definition) is 12. The number of carbonyl (C=O) groups is 15. The van der Waals surface area contributed by atoms with E-state index in [4.69, 9.17) is 15.3 Å². The van der Waals surface area contributed by atoms with E-state index in [2.05, 4.69) is 31.3 Å². The lowest BCUT2D eigenvalue weighted by molar-refractivity contribution is -0.144. The van der Waals surface area contributed by atoms with Crippen LogP contribution in [0.1, 0.15) is 98.5 Å². The number of anilines is 1. The monoisotopic (exact) mass is 1460 g/mol. The average molecular weight is 1460 g/mol. The van der Waals surface area contributed by atoms with Crippen LogP contribution in [0.5, 0.6) is 5.75 Å². The Kier molecular flexibility index (Phi) is 28.4. The van der Waals surface area contributed by atoms with Gasteiger partial charge in [0.15, 0.2) is 35.2 Å². The SMILES string of the molecule is N[C@@H](CNC(=O)[C@@H](CC(=O)[C@H](Cc1ccccc1)NC(=O)CCCCC(=O)CC[C@H](NC(=O)N[C@@H](CCC(=O)O)OC=O)C(=O)O)Cc1ccccc1)C(=O)N[C@@H](CC(=O)O)C(=O)C[C@@H](CSC1CC(=O)N(c2ccc(-c3c4cc(F)c(=O)cc-4oc4cc(O)c(F)cc34)c(C(=O)O)c2)C1=O)C(=O)O. The van der Waals surface area contributed by atoms with Crippen molar-refractivity contribution >= 4 is 118 Å². The van der Waals surface area contributed by atoms with Gasteiger partial charge in [-0.2, -0.15) is 0 Å². The number of carbonyl (C=O) groups excluding carboxylic acids is 10. The summed E-state index contributed by atoms with van der Waals surface area (Å²) in [7, 11) is 0. The quantitative estimate of drug-likeness (QED) is 0.00839. The topological polar surface area (TPSA) is 506 Å². The summed E-state index contributed by atoms with van der Waals surface area (Å²) in [5.74, 6) is -21.2. The summed E-state index contributed by atoms with van der Waals surface area (Å²) >= 11 is 0.627. The number of ether oxygens (including phenoxy) is 1. The highest BCUT2D eigenvalue weighted by Crippen LogP contribution is 2.44. The number of unbranched alkanes of at least 4 members (excludes halogenated alkanes) is 1. The Labute approximate surface area is 592 Å². The number of aliphatic carboxylic acids is 4. The number of nitrogens with one attached hydrogen (secondary N) is 5. The van der Waals surface area contributed by atoms with Gasteiger partial charge in [0.05, 0.1) is 47.3 Å². The van der Waals surface area contributed by atoms with Crippen LogP contribution in [0.25, 0.3) is 33.4 Å². The van der Waals surface area contributed by atoms with Crippen LogP contribution in [0.2, 0.25) is 0 Å². The summed E-state index contributed by atoms with van der Waals surface area (Å²) < 4.78 is 40.0. The third kappa shape index (κ3) is 22.3. The Morgan fingerprint density at radius 2 is 1.31 bits per heavy atom. The molecule has 7 amide bonds. The molecule has 550 valence electrons. The van der Waals surface area contributed by atoms with Crippen LogP contribution in [0.3, 0.4) is 0 Å². The van der Waals surface area contributed by atoms with Crippen LogP contribution in [0.15, 0.2) is 112 Å². The summed E-state index contributed by atoms with van der Waals surface area (Å²) in [6, 6.07) is 15.8. The number of nitrogens with two attached hydrogens (primary N) is 1. The maximum atomic E-state index is 14.9. The van der Waals surface area contributed by atoms with Gasteiger partial charge in [-0.15, -0.1) is 11.8 Å². The van der Waals surface area contributed by atoms with E-state index < -0.39 is 203 Å². The molecule has 4 aromatic rings. The summed E-state index contributed by atoms with van der Waals surface area (Å²) in [6.07, 6.45) is -6.00. The molecule has 0 saturated carbocycles. The smallest absolute Gasteiger partial charge is 0.336 e. The molecule has 0 radical (unpaired) electrons. The summed E-state index contributed by atoms with van der Waals surface area (Å²) in [5.41, 5.74) is 4.55. The number of ketones is 3. The number of halogens is 2. The van der Waals surface area contributed by atoms with Gasteiger partial charge < -0.3 is 72.1 Å². The van der Waals surface area contributed by atoms with Crippen molar-refractivity contribution in [2.45, 2.75) is 126 Å². The lowest BCUT2D eigenvalue weighted by atomic mass is 9.89. The first-order valence-electron chi connectivity index (χ1n) is 32.2. The van der Waals surface area contributed by atoms with Crippen molar-refractivity contribution in [2.75, 3.05) is 17.2 Å². The molecule has 0 spiro atoms. The predicted octanol–water partition coefficient (Wildman–Crippen LogP) is 4.25. The van der Waals surface area contributed by atoms with Gasteiger partial charge in [0.1, 0.15) is 29.2 Å². The number of aromatic hydroxyl groups is 1. The van der Waals surface area contributed by atoms with E-state index in [0.29, 0.717) is 27.8 Å². The van der Waals surface area contributed by atoms with Crippen LogP contribution >= 0.6 is 11.8 Å². The Hall–Kier alpha value is -11.8. The first-order valence-corrected chi connectivity index (χ1v) is 33.2. The molecule has 1 fully saturated rings. The number of fused-ring (bicyclic) bond motifs is 2. The van der Waals surface area contributed by atoms with Crippen molar-refractivity contribution in [1.82, 2.24) is 26.6 Å². The highest BCUT2D eigenvalue weighted by molar-refractivity contribution is 8.00. The largest absolute Gasteiger partial charge is 0.505 e. The number of urea groups is 1. The van der Waals surface area contributed by atoms with Crippen molar-refractivity contribution in [2.24, 2.45) is 17.6 Å². The molecule has 104 heavy (non-hydrogen) atoms. The first-order chi connectivity index (χ1) is 49.4. The minimum Gasteiger partial charge on any atom is -0.505 e. The summed E-state index contributed by atoms with van der Waals surface area (Å²) in [4.78, 5) is 206. The zero-order valence-corrected chi connectivity index (χ0v) is 55.9. The molecule has 2 heterocycles. The van der Waals surface area contributed by atoms with E-state index in [-0.39, 0.29) is 103 Å². The molecule has 34 heteroatoms. The van der Waals surface area contributed by atoms with Gasteiger partial charge in [0, 0.05) is 91.8 Å². The zero-order valence-electron chi connectivity index (χ0n) is 55.0. The standard InChI is InChI=1S/C70H71F2N7O24S/c71-45-26-43-55(29-51(45)82)103-56-30-52(83)46(72)27-44(56)63(43)41-17-15-39(25-42(41)68(97)98)79-60(87)31-57(66(79)94)104-33-38(67(95)96)24-54(85)50(28-62(90)91)76-65(93)47(73)32-74-64(92)37(21-35-9-3-1-4-10-35)23-53(84)49(22-36-11-5-2-6-12-36)75-58(86)14-8-7-13-40(81)16-18-48(69(99)100)77-70(101)78-59(102-34-80)19-20-61(88)89/h1-6,9-12,15,17,25-27,29-30,34,37-38,47-50,57,59,82H,7-8,13-14,16,18-24,28,31-33,73H2,(H,74,92)(H,75,86)(H,76,93)(H,88,89)(H,90,91)(H,95,96)(H,97,98)(H,99,100)(H2,77,78,101)/t37-,38+,47+,48+,49+,50+,57?,59-/m1/s1. The minimum absolute atomic E-state index is 0.0256. The van der Waals surface area contributed by atoms with E-state index >= 15 is 0 Å². The first kappa shape index (κ1) is 79.5. The van der Waals surface area contributed by atoms with E-state index in [0.717, 1.165) is 42.5 Å². The second-order valence-corrected chi connectivity index (χ2v) is 25.4. The molecule has 0 aromatic heterocycles. The molecule has 1 aliphatic carbocycles. The molecular weight excluding hydrogens is 1390 g/mol. The minimum atomic E-state index is -1.91. The molecule has 8 atom stereocenters. The number of phenols is 1.